The van der Waals surface area contributed by atoms with Crippen LogP contribution in [0.15, 0.2) is 44.1 Å². The Morgan fingerprint density at radius 1 is 1.14 bits per heavy atom. The summed E-state index contributed by atoms with van der Waals surface area (Å²) in [6, 6.07) is 6.56. The summed E-state index contributed by atoms with van der Waals surface area (Å²) in [6.07, 6.45) is -0.644. The van der Waals surface area contributed by atoms with E-state index in [9.17, 15) is 18.0 Å². The summed E-state index contributed by atoms with van der Waals surface area (Å²) in [5.41, 5.74) is 1.76. The van der Waals surface area contributed by atoms with Crippen LogP contribution in [0.2, 0.25) is 0 Å². The van der Waals surface area contributed by atoms with E-state index in [2.05, 4.69) is 36.0 Å². The second kappa shape index (κ2) is 9.12. The van der Waals surface area contributed by atoms with Gasteiger partial charge in [0.2, 0.25) is 5.89 Å². The molecule has 0 saturated carbocycles. The Hall–Kier alpha value is -3.03. The molecule has 3 aromatic heterocycles. The Kier molecular flexibility index (Phi) is 5.92. The van der Waals surface area contributed by atoms with Crippen LogP contribution in [0.3, 0.4) is 0 Å². The molecule has 2 aliphatic rings. The number of nitrogens with zero attached hydrogens (tertiary/aromatic N) is 6. The van der Waals surface area contributed by atoms with Crippen molar-refractivity contribution < 1.29 is 22.3 Å². The molecule has 1 aromatic carbocycles. The lowest BCUT2D eigenvalue weighted by Gasteiger charge is -2.34. The Balaban J connectivity index is 1.33. The van der Waals surface area contributed by atoms with E-state index >= 15 is 0 Å². The topological polar surface area (TPSA) is 91.2 Å². The zero-order chi connectivity index (χ0) is 25.0. The minimum absolute atomic E-state index is 0.0453. The van der Waals surface area contributed by atoms with Crippen molar-refractivity contribution in [3.05, 3.63) is 62.8 Å². The van der Waals surface area contributed by atoms with Gasteiger partial charge in [-0.1, -0.05) is 0 Å². The van der Waals surface area contributed by atoms with Crippen LogP contribution in [0.25, 0.3) is 22.5 Å². The van der Waals surface area contributed by atoms with Gasteiger partial charge in [-0.25, -0.2) is 9.18 Å². The molecule has 1 atom stereocenters. The smallest absolute Gasteiger partial charge is 0.329 e. The van der Waals surface area contributed by atoms with E-state index in [-0.39, 0.29) is 28.6 Å². The fraction of sp³-hybridized carbons (Fsp3) is 0.391. The number of pyridine rings is 1. The summed E-state index contributed by atoms with van der Waals surface area (Å²) in [5, 5.41) is 6.93. The van der Waals surface area contributed by atoms with Gasteiger partial charge in [0.05, 0.1) is 58.6 Å². The predicted molar refractivity (Wildman–Crippen MR) is 125 cm³/mol. The molecule has 0 bridgehead atoms. The number of hydrogen-bond acceptors (Lipinski definition) is 7. The Labute approximate surface area is 210 Å². The summed E-state index contributed by atoms with van der Waals surface area (Å²) in [7, 11) is 0. The van der Waals surface area contributed by atoms with Crippen LogP contribution in [-0.4, -0.2) is 61.6 Å². The minimum atomic E-state index is -2.86. The van der Waals surface area contributed by atoms with E-state index in [1.807, 2.05) is 0 Å². The average molecular weight is 565 g/mol. The highest BCUT2D eigenvalue weighted by atomic mass is 79.9. The highest BCUT2D eigenvalue weighted by Crippen LogP contribution is 2.31. The lowest BCUT2D eigenvalue weighted by Crippen LogP contribution is -2.48. The number of alkyl halides is 2. The highest BCUT2D eigenvalue weighted by molar-refractivity contribution is 9.10. The molecule has 0 spiro atoms. The summed E-state index contributed by atoms with van der Waals surface area (Å²) in [5.74, 6) is -1.31. The second-order valence-electron chi connectivity index (χ2n) is 8.91. The number of hydrogen-bond donors (Lipinski definition) is 0. The van der Waals surface area contributed by atoms with Crippen LogP contribution < -0.4 is 5.69 Å². The first-order valence-electron chi connectivity index (χ1n) is 11.4. The third kappa shape index (κ3) is 4.04. The molecule has 36 heavy (non-hydrogen) atoms. The third-order valence-corrected chi connectivity index (χ3v) is 7.33. The molecule has 0 radical (unpaired) electrons. The number of likely N-dealkylation sites (tertiary alicyclic amines) is 1. The highest BCUT2D eigenvalue weighted by Gasteiger charge is 2.35. The first kappa shape index (κ1) is 23.4. The fourth-order valence-corrected chi connectivity index (χ4v) is 5.10. The standard InChI is InChI=1S/C23H20BrF3N6O3/c24-16-5-19-18(6-17(16)25)32(23(34)33(19)14-3-4-31(9-14)15-10-35-11-15)8-13-2-1-12(7-28-13)21-29-30-22(36-21)20(26)27/h1-2,5-7,14-15,20H,3-4,8-11H2. The summed E-state index contributed by atoms with van der Waals surface area (Å²) in [4.78, 5) is 20.3. The molecule has 2 saturated heterocycles. The number of ether oxygens (including phenoxy) is 1. The van der Waals surface area contributed by atoms with Crippen LogP contribution in [0.5, 0.6) is 0 Å². The van der Waals surface area contributed by atoms with Crippen molar-refractivity contribution in [1.82, 2.24) is 29.2 Å². The number of halogens is 4. The van der Waals surface area contributed by atoms with Gasteiger partial charge >= 0.3 is 12.1 Å². The maximum Gasteiger partial charge on any atom is 0.329 e. The van der Waals surface area contributed by atoms with Crippen LogP contribution in [0, 0.1) is 5.82 Å². The van der Waals surface area contributed by atoms with E-state index < -0.39 is 18.1 Å². The summed E-state index contributed by atoms with van der Waals surface area (Å²) >= 11 is 3.25. The first-order valence-corrected chi connectivity index (χ1v) is 12.2. The molecule has 6 rings (SSSR count). The van der Waals surface area contributed by atoms with Crippen molar-refractivity contribution in [1.29, 1.82) is 0 Å². The van der Waals surface area contributed by atoms with Gasteiger partial charge in [-0.15, -0.1) is 10.2 Å². The van der Waals surface area contributed by atoms with Gasteiger partial charge < -0.3 is 9.15 Å². The van der Waals surface area contributed by atoms with E-state index in [1.165, 1.54) is 16.8 Å². The summed E-state index contributed by atoms with van der Waals surface area (Å²) < 4.78 is 53.8. The lowest BCUT2D eigenvalue weighted by molar-refractivity contribution is -0.0578. The molecular formula is C23H20BrF3N6O3. The average Bonchev–Trinajstić information content (AvgIpc) is 3.54. The normalized spacial score (nSPS) is 19.0. The van der Waals surface area contributed by atoms with Crippen molar-refractivity contribution in [3.63, 3.8) is 0 Å². The molecule has 5 heterocycles. The van der Waals surface area contributed by atoms with E-state index in [0.29, 0.717) is 41.5 Å². The number of benzene rings is 1. The zero-order valence-electron chi connectivity index (χ0n) is 18.8. The SMILES string of the molecule is O=c1n(Cc2ccc(-c3nnc(C(F)F)o3)cn2)c2cc(F)c(Br)cc2n1C1CCN(C2COC2)C1. The lowest BCUT2D eigenvalue weighted by atomic mass is 10.2. The number of imidazole rings is 1. The van der Waals surface area contributed by atoms with Crippen molar-refractivity contribution >= 4 is 27.0 Å². The van der Waals surface area contributed by atoms with Crippen LogP contribution in [0.1, 0.15) is 30.5 Å². The van der Waals surface area contributed by atoms with Gasteiger partial charge in [0.1, 0.15) is 5.82 Å². The van der Waals surface area contributed by atoms with Crippen LogP contribution in [-0.2, 0) is 11.3 Å². The van der Waals surface area contributed by atoms with Gasteiger partial charge in [0, 0.05) is 25.4 Å². The molecule has 1 unspecified atom stereocenters. The first-order chi connectivity index (χ1) is 17.4. The molecule has 0 aliphatic carbocycles. The number of aromatic nitrogens is 5. The van der Waals surface area contributed by atoms with Gasteiger partial charge in [0.25, 0.3) is 5.89 Å². The quantitative estimate of drug-likeness (QED) is 0.352. The molecule has 2 fully saturated rings. The van der Waals surface area contributed by atoms with Gasteiger partial charge in [-0.3, -0.25) is 19.0 Å². The maximum atomic E-state index is 14.5. The molecule has 0 N–H and O–H groups in total. The Bertz CT molecular complexity index is 1480. The fourth-order valence-electron chi connectivity index (χ4n) is 4.77. The van der Waals surface area contributed by atoms with Crippen LogP contribution >= 0.6 is 15.9 Å². The van der Waals surface area contributed by atoms with Crippen molar-refractivity contribution in [2.75, 3.05) is 26.3 Å². The maximum absolute atomic E-state index is 14.5. The van der Waals surface area contributed by atoms with Crippen molar-refractivity contribution in [2.45, 2.75) is 31.5 Å². The van der Waals surface area contributed by atoms with E-state index in [4.69, 9.17) is 9.15 Å². The Morgan fingerprint density at radius 2 is 1.97 bits per heavy atom. The number of fused-ring (bicyclic) bond motifs is 1. The Morgan fingerprint density at radius 3 is 2.64 bits per heavy atom. The molecule has 13 heteroatoms. The van der Waals surface area contributed by atoms with Gasteiger partial charge in [0.15, 0.2) is 0 Å². The third-order valence-electron chi connectivity index (χ3n) is 6.72. The van der Waals surface area contributed by atoms with Gasteiger partial charge in [-0.05, 0) is 40.5 Å². The van der Waals surface area contributed by atoms with Crippen LogP contribution in [0.4, 0.5) is 13.2 Å². The molecule has 0 amide bonds. The van der Waals surface area contributed by atoms with E-state index in [0.717, 1.165) is 19.5 Å². The van der Waals surface area contributed by atoms with E-state index in [1.54, 1.807) is 22.8 Å². The van der Waals surface area contributed by atoms with Crippen molar-refractivity contribution in [3.8, 4) is 11.5 Å². The molecule has 188 valence electrons. The zero-order valence-corrected chi connectivity index (χ0v) is 20.4. The second-order valence-corrected chi connectivity index (χ2v) is 9.76. The van der Waals surface area contributed by atoms with Crippen molar-refractivity contribution in [2.24, 2.45) is 0 Å². The largest absolute Gasteiger partial charge is 0.415 e. The molecule has 9 nitrogen and oxygen atoms in total. The molecule has 2 aliphatic heterocycles. The number of rotatable bonds is 6. The predicted octanol–water partition coefficient (Wildman–Crippen LogP) is 3.78. The minimum Gasteiger partial charge on any atom is -0.415 e. The molecular weight excluding hydrogens is 545 g/mol. The monoisotopic (exact) mass is 564 g/mol. The summed E-state index contributed by atoms with van der Waals surface area (Å²) in [6.45, 7) is 3.10. The van der Waals surface area contributed by atoms with Gasteiger partial charge in [-0.2, -0.15) is 8.78 Å². The molecule has 4 aromatic rings.